The van der Waals surface area contributed by atoms with E-state index in [0.717, 1.165) is 0 Å². The van der Waals surface area contributed by atoms with E-state index in [1.807, 2.05) is 0 Å². The second kappa shape index (κ2) is 5.44. The van der Waals surface area contributed by atoms with E-state index in [1.165, 1.54) is 33.5 Å². The van der Waals surface area contributed by atoms with Crippen molar-refractivity contribution >= 4 is 15.9 Å². The molecule has 0 heterocycles. The van der Waals surface area contributed by atoms with E-state index < -0.39 is 12.1 Å². The topological polar surface area (TPSA) is 27.7 Å². The lowest BCUT2D eigenvalue weighted by Gasteiger charge is -2.16. The summed E-state index contributed by atoms with van der Waals surface area (Å²) in [6.45, 7) is 0. The van der Waals surface area contributed by atoms with Gasteiger partial charge in [-0.3, -0.25) is 0 Å². The lowest BCUT2D eigenvalue weighted by atomic mass is 10.2. The van der Waals surface area contributed by atoms with Gasteiger partial charge in [-0.25, -0.2) is 4.39 Å². The Bertz CT molecular complexity index is 340. The van der Waals surface area contributed by atoms with E-state index in [9.17, 15) is 4.39 Å². The molecule has 1 rings (SSSR count). The first kappa shape index (κ1) is 12.4. The fourth-order valence-electron chi connectivity index (χ4n) is 1.23. The van der Waals surface area contributed by atoms with Crippen molar-refractivity contribution in [2.75, 3.05) is 21.3 Å². The molecule has 0 radical (unpaired) electrons. The van der Waals surface area contributed by atoms with Crippen molar-refractivity contribution < 1.29 is 18.6 Å². The molecule has 84 valence electrons. The van der Waals surface area contributed by atoms with E-state index >= 15 is 0 Å². The summed E-state index contributed by atoms with van der Waals surface area (Å²) in [6, 6.07) is 2.86. The van der Waals surface area contributed by atoms with Gasteiger partial charge < -0.3 is 14.2 Å². The lowest BCUT2D eigenvalue weighted by Crippen LogP contribution is -2.05. The summed E-state index contributed by atoms with van der Waals surface area (Å²) in [5.41, 5.74) is 0.679. The summed E-state index contributed by atoms with van der Waals surface area (Å²) in [5, 5.41) is 0. The van der Waals surface area contributed by atoms with Gasteiger partial charge in [-0.1, -0.05) is 15.9 Å². The van der Waals surface area contributed by atoms with Gasteiger partial charge in [0.2, 0.25) is 0 Å². The van der Waals surface area contributed by atoms with E-state index in [1.54, 1.807) is 0 Å². The van der Waals surface area contributed by atoms with Gasteiger partial charge in [0.25, 0.3) is 0 Å². The smallest absolute Gasteiger partial charge is 0.184 e. The molecule has 0 aliphatic heterocycles. The molecule has 3 nitrogen and oxygen atoms in total. The highest BCUT2D eigenvalue weighted by atomic mass is 79.9. The molecule has 0 atom stereocenters. The number of hydrogen-bond donors (Lipinski definition) is 0. The second-order valence-corrected chi connectivity index (χ2v) is 3.67. The van der Waals surface area contributed by atoms with Crippen molar-refractivity contribution in [2.45, 2.75) is 6.29 Å². The number of hydrogen-bond acceptors (Lipinski definition) is 3. The van der Waals surface area contributed by atoms with Gasteiger partial charge in [-0.2, -0.15) is 0 Å². The monoisotopic (exact) mass is 278 g/mol. The largest absolute Gasteiger partial charge is 0.494 e. The van der Waals surface area contributed by atoms with E-state index in [2.05, 4.69) is 15.9 Å². The molecule has 0 saturated heterocycles. The number of rotatable bonds is 4. The van der Waals surface area contributed by atoms with Crippen LogP contribution in [0.5, 0.6) is 5.75 Å². The van der Waals surface area contributed by atoms with E-state index in [4.69, 9.17) is 14.2 Å². The molecular formula is C10H12BrFO3. The maximum Gasteiger partial charge on any atom is 0.184 e. The second-order valence-electron chi connectivity index (χ2n) is 2.81. The Morgan fingerprint density at radius 3 is 2.27 bits per heavy atom. The van der Waals surface area contributed by atoms with E-state index in [-0.39, 0.29) is 5.75 Å². The van der Waals surface area contributed by atoms with Gasteiger partial charge >= 0.3 is 0 Å². The minimum Gasteiger partial charge on any atom is -0.494 e. The first-order chi connectivity index (χ1) is 7.13. The van der Waals surface area contributed by atoms with E-state index in [0.29, 0.717) is 10.0 Å². The molecular weight excluding hydrogens is 267 g/mol. The maximum absolute atomic E-state index is 13.3. The quantitative estimate of drug-likeness (QED) is 0.793. The van der Waals surface area contributed by atoms with Crippen LogP contribution in [0.4, 0.5) is 4.39 Å². The summed E-state index contributed by atoms with van der Waals surface area (Å²) in [7, 11) is 4.43. The number of benzene rings is 1. The standard InChI is InChI=1S/C10H12BrFO3/c1-13-9-4-6(10(14-2)15-3)7(11)5-8(9)12/h4-5,10H,1-3H3. The number of methoxy groups -OCH3 is 3. The van der Waals surface area contributed by atoms with Gasteiger partial charge in [0.05, 0.1) is 7.11 Å². The Hall–Kier alpha value is -0.650. The zero-order valence-corrected chi connectivity index (χ0v) is 10.3. The van der Waals surface area contributed by atoms with Crippen LogP contribution in [0.15, 0.2) is 16.6 Å². The van der Waals surface area contributed by atoms with Gasteiger partial charge in [-0.05, 0) is 12.1 Å². The van der Waals surface area contributed by atoms with Crippen LogP contribution in [0, 0.1) is 5.82 Å². The summed E-state index contributed by atoms with van der Waals surface area (Å²) in [4.78, 5) is 0. The van der Waals surface area contributed by atoms with Crippen LogP contribution in [-0.2, 0) is 9.47 Å². The molecule has 0 amide bonds. The van der Waals surface area contributed by atoms with Crippen LogP contribution in [0.1, 0.15) is 11.9 Å². The molecule has 0 N–H and O–H groups in total. The Balaban J connectivity index is 3.17. The highest BCUT2D eigenvalue weighted by Crippen LogP contribution is 2.31. The summed E-state index contributed by atoms with van der Waals surface area (Å²) in [5.74, 6) is -0.272. The summed E-state index contributed by atoms with van der Waals surface area (Å²) in [6.07, 6.45) is -0.547. The van der Waals surface area contributed by atoms with Gasteiger partial charge in [0.15, 0.2) is 17.9 Å². The van der Waals surface area contributed by atoms with Gasteiger partial charge in [-0.15, -0.1) is 0 Å². The lowest BCUT2D eigenvalue weighted by molar-refractivity contribution is -0.106. The summed E-state index contributed by atoms with van der Waals surface area (Å²) < 4.78 is 28.9. The summed E-state index contributed by atoms with van der Waals surface area (Å²) >= 11 is 3.24. The normalized spacial score (nSPS) is 10.8. The number of halogens is 2. The fraction of sp³-hybridized carbons (Fsp3) is 0.400. The Kier molecular flexibility index (Phi) is 4.50. The third-order valence-corrected chi connectivity index (χ3v) is 2.64. The van der Waals surface area contributed by atoms with Crippen LogP contribution in [0.25, 0.3) is 0 Å². The highest BCUT2D eigenvalue weighted by molar-refractivity contribution is 9.10. The average molecular weight is 279 g/mol. The molecule has 0 spiro atoms. The molecule has 0 aliphatic carbocycles. The van der Waals surface area contributed by atoms with Crippen molar-refractivity contribution in [1.29, 1.82) is 0 Å². The third-order valence-electron chi connectivity index (χ3n) is 1.95. The van der Waals surface area contributed by atoms with Crippen LogP contribution < -0.4 is 4.74 Å². The Morgan fingerprint density at radius 2 is 1.80 bits per heavy atom. The Morgan fingerprint density at radius 1 is 1.20 bits per heavy atom. The zero-order chi connectivity index (χ0) is 11.4. The van der Waals surface area contributed by atoms with Crippen molar-refractivity contribution in [3.05, 3.63) is 28.0 Å². The van der Waals surface area contributed by atoms with Crippen molar-refractivity contribution in [3.8, 4) is 5.75 Å². The molecule has 5 heteroatoms. The molecule has 0 saturated carbocycles. The minimum atomic E-state index is -0.547. The molecule has 0 unspecified atom stereocenters. The molecule has 0 aliphatic rings. The SMILES string of the molecule is COc1cc(C(OC)OC)c(Br)cc1F. The number of ether oxygens (including phenoxy) is 3. The van der Waals surface area contributed by atoms with Gasteiger partial charge in [0.1, 0.15) is 0 Å². The predicted molar refractivity (Wildman–Crippen MR) is 57.4 cm³/mol. The zero-order valence-electron chi connectivity index (χ0n) is 8.71. The highest BCUT2D eigenvalue weighted by Gasteiger charge is 2.16. The molecule has 1 aromatic carbocycles. The third kappa shape index (κ3) is 2.68. The first-order valence-electron chi connectivity index (χ1n) is 4.22. The van der Waals surface area contributed by atoms with Crippen molar-refractivity contribution in [1.82, 2.24) is 0 Å². The van der Waals surface area contributed by atoms with Crippen LogP contribution in [0.2, 0.25) is 0 Å². The van der Waals surface area contributed by atoms with Gasteiger partial charge in [0, 0.05) is 24.3 Å². The van der Waals surface area contributed by atoms with Crippen LogP contribution in [-0.4, -0.2) is 21.3 Å². The fourth-order valence-corrected chi connectivity index (χ4v) is 1.73. The van der Waals surface area contributed by atoms with Crippen LogP contribution >= 0.6 is 15.9 Å². The molecule has 0 bridgehead atoms. The Labute approximate surface area is 96.3 Å². The van der Waals surface area contributed by atoms with Crippen molar-refractivity contribution in [3.63, 3.8) is 0 Å². The van der Waals surface area contributed by atoms with Crippen molar-refractivity contribution in [2.24, 2.45) is 0 Å². The first-order valence-corrected chi connectivity index (χ1v) is 5.01. The molecule has 1 aromatic rings. The molecule has 0 fully saturated rings. The molecule has 0 aromatic heterocycles. The average Bonchev–Trinajstić information content (AvgIpc) is 2.22. The minimum absolute atomic E-state index is 0.160. The van der Waals surface area contributed by atoms with Crippen LogP contribution in [0.3, 0.4) is 0 Å². The maximum atomic E-state index is 13.3. The molecule has 15 heavy (non-hydrogen) atoms. The predicted octanol–water partition coefficient (Wildman–Crippen LogP) is 2.89.